The van der Waals surface area contributed by atoms with Crippen LogP contribution < -0.4 is 0 Å². The number of aromatic nitrogens is 1. The second-order valence-corrected chi connectivity index (χ2v) is 5.76. The Morgan fingerprint density at radius 3 is 2.90 bits per heavy atom. The average molecular weight is 278 g/mol. The Kier molecular flexibility index (Phi) is 5.38. The number of carbonyl (C=O) groups excluding carboxylic acids is 1. The van der Waals surface area contributed by atoms with E-state index >= 15 is 0 Å². The molecule has 0 N–H and O–H groups in total. The molecule has 4 heteroatoms. The SMILES string of the molecule is CCCN(Cc1cc(C(C)=O)cn1C)C[C@@H]1CCCO1. The van der Waals surface area contributed by atoms with Crippen LogP contribution in [-0.2, 0) is 18.3 Å². The third kappa shape index (κ3) is 3.93. The van der Waals surface area contributed by atoms with Gasteiger partial charge in [-0.2, -0.15) is 0 Å². The van der Waals surface area contributed by atoms with Crippen molar-refractivity contribution in [2.24, 2.45) is 7.05 Å². The molecule has 0 aliphatic carbocycles. The maximum Gasteiger partial charge on any atom is 0.161 e. The first-order chi connectivity index (χ1) is 9.60. The van der Waals surface area contributed by atoms with E-state index in [0.717, 1.165) is 38.2 Å². The number of Topliss-reactive ketones (excluding diaryl/α,β-unsaturated/α-hetero) is 1. The monoisotopic (exact) mass is 278 g/mol. The van der Waals surface area contributed by atoms with Gasteiger partial charge in [-0.05, 0) is 38.8 Å². The summed E-state index contributed by atoms with van der Waals surface area (Å²) in [4.78, 5) is 13.9. The lowest BCUT2D eigenvalue weighted by Gasteiger charge is -2.24. The molecule has 1 fully saturated rings. The molecule has 0 aromatic carbocycles. The predicted molar refractivity (Wildman–Crippen MR) is 80.0 cm³/mol. The molecule has 2 rings (SSSR count). The Balaban J connectivity index is 2.00. The van der Waals surface area contributed by atoms with Crippen LogP contribution in [0.15, 0.2) is 12.3 Å². The van der Waals surface area contributed by atoms with Crippen molar-refractivity contribution >= 4 is 5.78 Å². The molecule has 1 atom stereocenters. The standard InChI is InChI=1S/C16H26N2O2/c1-4-7-18(12-16-6-5-8-20-16)11-15-9-14(13(2)19)10-17(15)3/h9-10,16H,4-8,11-12H2,1-3H3/t16-/m0/s1. The Bertz CT molecular complexity index is 447. The van der Waals surface area contributed by atoms with Gasteiger partial charge in [0.1, 0.15) is 0 Å². The summed E-state index contributed by atoms with van der Waals surface area (Å²) in [5, 5.41) is 0. The first kappa shape index (κ1) is 15.3. The lowest BCUT2D eigenvalue weighted by atomic mass is 10.2. The third-order valence-corrected chi connectivity index (χ3v) is 3.93. The minimum absolute atomic E-state index is 0.132. The molecule has 1 aliphatic rings. The molecule has 20 heavy (non-hydrogen) atoms. The molecule has 4 nitrogen and oxygen atoms in total. The molecule has 1 saturated heterocycles. The molecule has 0 bridgehead atoms. The van der Waals surface area contributed by atoms with Gasteiger partial charge < -0.3 is 9.30 Å². The van der Waals surface area contributed by atoms with Crippen molar-refractivity contribution < 1.29 is 9.53 Å². The molecule has 112 valence electrons. The fourth-order valence-electron chi connectivity index (χ4n) is 2.82. The molecule has 0 spiro atoms. The van der Waals surface area contributed by atoms with Gasteiger partial charge in [0.2, 0.25) is 0 Å². The number of hydrogen-bond donors (Lipinski definition) is 0. The second kappa shape index (κ2) is 7.04. The summed E-state index contributed by atoms with van der Waals surface area (Å²) in [5.41, 5.74) is 2.00. The second-order valence-electron chi connectivity index (χ2n) is 5.76. The predicted octanol–water partition coefficient (Wildman–Crippen LogP) is 2.62. The highest BCUT2D eigenvalue weighted by atomic mass is 16.5. The summed E-state index contributed by atoms with van der Waals surface area (Å²) in [6, 6.07) is 2.01. The normalized spacial score (nSPS) is 18.9. The maximum atomic E-state index is 11.5. The van der Waals surface area contributed by atoms with Crippen LogP contribution in [0.1, 0.15) is 49.2 Å². The number of ether oxygens (including phenoxy) is 1. The van der Waals surface area contributed by atoms with Gasteiger partial charge in [0.15, 0.2) is 5.78 Å². The fourth-order valence-corrected chi connectivity index (χ4v) is 2.82. The first-order valence-corrected chi connectivity index (χ1v) is 7.60. The smallest absolute Gasteiger partial charge is 0.161 e. The van der Waals surface area contributed by atoms with Gasteiger partial charge in [0, 0.05) is 44.2 Å². The molecule has 1 aromatic heterocycles. The van der Waals surface area contributed by atoms with Crippen LogP contribution in [-0.4, -0.2) is 41.1 Å². The molecule has 0 unspecified atom stereocenters. The highest BCUT2D eigenvalue weighted by molar-refractivity contribution is 5.94. The number of rotatable bonds is 7. The summed E-state index contributed by atoms with van der Waals surface area (Å²) in [6.07, 6.45) is 5.80. The van der Waals surface area contributed by atoms with Crippen molar-refractivity contribution in [1.82, 2.24) is 9.47 Å². The van der Waals surface area contributed by atoms with Crippen LogP contribution in [0.2, 0.25) is 0 Å². The largest absolute Gasteiger partial charge is 0.377 e. The molecule has 1 aromatic rings. The van der Waals surface area contributed by atoms with E-state index in [1.165, 1.54) is 18.5 Å². The van der Waals surface area contributed by atoms with Crippen LogP contribution in [0.25, 0.3) is 0 Å². The average Bonchev–Trinajstić information content (AvgIpc) is 3.00. The summed E-state index contributed by atoms with van der Waals surface area (Å²) >= 11 is 0. The van der Waals surface area contributed by atoms with Crippen molar-refractivity contribution in [3.05, 3.63) is 23.5 Å². The highest BCUT2D eigenvalue weighted by Crippen LogP contribution is 2.16. The van der Waals surface area contributed by atoms with Gasteiger partial charge in [-0.15, -0.1) is 0 Å². The van der Waals surface area contributed by atoms with Gasteiger partial charge in [-0.25, -0.2) is 0 Å². The maximum absolute atomic E-state index is 11.5. The summed E-state index contributed by atoms with van der Waals surface area (Å²) in [5.74, 6) is 0.132. The molecular weight excluding hydrogens is 252 g/mol. The van der Waals surface area contributed by atoms with Gasteiger partial charge >= 0.3 is 0 Å². The molecular formula is C16H26N2O2. The van der Waals surface area contributed by atoms with Crippen LogP contribution >= 0.6 is 0 Å². The van der Waals surface area contributed by atoms with E-state index in [-0.39, 0.29) is 5.78 Å². The van der Waals surface area contributed by atoms with Crippen molar-refractivity contribution in [3.8, 4) is 0 Å². The van der Waals surface area contributed by atoms with Crippen LogP contribution in [0.5, 0.6) is 0 Å². The molecule has 0 radical (unpaired) electrons. The molecule has 0 amide bonds. The number of ketones is 1. The van der Waals surface area contributed by atoms with Crippen molar-refractivity contribution in [2.45, 2.75) is 45.8 Å². The zero-order chi connectivity index (χ0) is 14.5. The van der Waals surface area contributed by atoms with Crippen molar-refractivity contribution in [1.29, 1.82) is 0 Å². The van der Waals surface area contributed by atoms with Crippen molar-refractivity contribution in [3.63, 3.8) is 0 Å². The Labute approximate surface area is 121 Å². The zero-order valence-corrected chi connectivity index (χ0v) is 12.9. The first-order valence-electron chi connectivity index (χ1n) is 7.60. The van der Waals surface area contributed by atoms with Gasteiger partial charge in [0.25, 0.3) is 0 Å². The fraction of sp³-hybridized carbons (Fsp3) is 0.688. The number of nitrogens with zero attached hydrogens (tertiary/aromatic N) is 2. The van der Waals surface area contributed by atoms with Crippen LogP contribution in [0, 0.1) is 0 Å². The number of carbonyl (C=O) groups is 1. The summed E-state index contributed by atoms with van der Waals surface area (Å²) < 4.78 is 7.80. The zero-order valence-electron chi connectivity index (χ0n) is 12.9. The van der Waals surface area contributed by atoms with Gasteiger partial charge in [-0.1, -0.05) is 6.92 Å². The quantitative estimate of drug-likeness (QED) is 0.719. The molecule has 2 heterocycles. The Hall–Kier alpha value is -1.13. The Morgan fingerprint density at radius 2 is 2.35 bits per heavy atom. The van der Waals surface area contributed by atoms with E-state index in [1.807, 2.05) is 19.3 Å². The van der Waals surface area contributed by atoms with Crippen LogP contribution in [0.4, 0.5) is 0 Å². The van der Waals surface area contributed by atoms with Gasteiger partial charge in [0.05, 0.1) is 6.10 Å². The van der Waals surface area contributed by atoms with E-state index in [4.69, 9.17) is 4.74 Å². The van der Waals surface area contributed by atoms with Gasteiger partial charge in [-0.3, -0.25) is 9.69 Å². The van der Waals surface area contributed by atoms with E-state index in [0.29, 0.717) is 6.10 Å². The minimum atomic E-state index is 0.132. The number of aryl methyl sites for hydroxylation is 1. The lowest BCUT2D eigenvalue weighted by Crippen LogP contribution is -2.33. The third-order valence-electron chi connectivity index (χ3n) is 3.93. The van der Waals surface area contributed by atoms with Crippen LogP contribution in [0.3, 0.4) is 0 Å². The number of hydrogen-bond acceptors (Lipinski definition) is 3. The van der Waals surface area contributed by atoms with E-state index < -0.39 is 0 Å². The highest BCUT2D eigenvalue weighted by Gasteiger charge is 2.20. The topological polar surface area (TPSA) is 34.5 Å². The van der Waals surface area contributed by atoms with Crippen molar-refractivity contribution in [2.75, 3.05) is 19.7 Å². The summed E-state index contributed by atoms with van der Waals surface area (Å²) in [7, 11) is 2.01. The van der Waals surface area contributed by atoms with E-state index in [9.17, 15) is 4.79 Å². The van der Waals surface area contributed by atoms with E-state index in [1.54, 1.807) is 6.92 Å². The minimum Gasteiger partial charge on any atom is -0.377 e. The Morgan fingerprint density at radius 1 is 1.55 bits per heavy atom. The lowest BCUT2D eigenvalue weighted by molar-refractivity contribution is 0.0699. The molecule has 1 aliphatic heterocycles. The van der Waals surface area contributed by atoms with E-state index in [2.05, 4.69) is 16.4 Å². The summed E-state index contributed by atoms with van der Waals surface area (Å²) in [6.45, 7) is 7.68. The molecule has 0 saturated carbocycles.